The average molecular weight is 201 g/mol. The number of rotatable bonds is 3. The first-order chi connectivity index (χ1) is 6.67. The highest BCUT2D eigenvalue weighted by Gasteiger charge is 2.26. The van der Waals surface area contributed by atoms with Gasteiger partial charge in [-0.25, -0.2) is 5.84 Å². The van der Waals surface area contributed by atoms with Gasteiger partial charge in [-0.15, -0.1) is 0 Å². The SMILES string of the molecule is COC1CN(CC(=O)NN)CCC1C. The molecule has 2 unspecified atom stereocenters. The number of amides is 1. The largest absolute Gasteiger partial charge is 0.380 e. The van der Waals surface area contributed by atoms with E-state index in [2.05, 4.69) is 17.2 Å². The Bertz CT molecular complexity index is 198. The molecule has 14 heavy (non-hydrogen) atoms. The van der Waals surface area contributed by atoms with Crippen molar-refractivity contribution in [3.63, 3.8) is 0 Å². The predicted molar refractivity (Wildman–Crippen MR) is 53.3 cm³/mol. The Labute approximate surface area is 84.5 Å². The summed E-state index contributed by atoms with van der Waals surface area (Å²) >= 11 is 0. The molecule has 1 aliphatic rings. The smallest absolute Gasteiger partial charge is 0.248 e. The second kappa shape index (κ2) is 5.29. The van der Waals surface area contributed by atoms with Crippen molar-refractivity contribution in [1.82, 2.24) is 10.3 Å². The van der Waals surface area contributed by atoms with Crippen LogP contribution in [-0.4, -0.2) is 43.7 Å². The number of hydrogen-bond acceptors (Lipinski definition) is 4. The van der Waals surface area contributed by atoms with Gasteiger partial charge in [0.2, 0.25) is 5.91 Å². The maximum absolute atomic E-state index is 11.0. The van der Waals surface area contributed by atoms with E-state index in [0.29, 0.717) is 12.5 Å². The molecule has 3 N–H and O–H groups in total. The molecule has 0 saturated carbocycles. The Morgan fingerprint density at radius 3 is 3.00 bits per heavy atom. The first kappa shape index (κ1) is 11.4. The van der Waals surface area contributed by atoms with Crippen molar-refractivity contribution in [2.75, 3.05) is 26.7 Å². The summed E-state index contributed by atoms with van der Waals surface area (Å²) in [7, 11) is 1.72. The van der Waals surface area contributed by atoms with E-state index in [-0.39, 0.29) is 12.0 Å². The van der Waals surface area contributed by atoms with E-state index in [0.717, 1.165) is 19.5 Å². The molecule has 0 bridgehead atoms. The molecule has 0 aromatic carbocycles. The molecule has 1 aliphatic heterocycles. The second-order valence-corrected chi connectivity index (χ2v) is 3.84. The van der Waals surface area contributed by atoms with Crippen LogP contribution in [0.15, 0.2) is 0 Å². The number of carbonyl (C=O) groups is 1. The van der Waals surface area contributed by atoms with Gasteiger partial charge in [0.1, 0.15) is 0 Å². The summed E-state index contributed by atoms with van der Waals surface area (Å²) in [5, 5.41) is 0. The maximum atomic E-state index is 11.0. The minimum absolute atomic E-state index is 0.144. The van der Waals surface area contributed by atoms with Gasteiger partial charge in [0.25, 0.3) is 0 Å². The standard InChI is InChI=1S/C9H19N3O2/c1-7-3-4-12(5-8(7)14-2)6-9(13)11-10/h7-8H,3-6,10H2,1-2H3,(H,11,13). The number of piperidine rings is 1. The van der Waals surface area contributed by atoms with Gasteiger partial charge in [-0.05, 0) is 18.9 Å². The first-order valence-electron chi connectivity index (χ1n) is 4.92. The summed E-state index contributed by atoms with van der Waals surface area (Å²) in [4.78, 5) is 13.1. The monoisotopic (exact) mass is 201 g/mol. The van der Waals surface area contributed by atoms with E-state index in [9.17, 15) is 4.79 Å². The Hall–Kier alpha value is -0.650. The number of carbonyl (C=O) groups excluding carboxylic acids is 1. The van der Waals surface area contributed by atoms with Crippen molar-refractivity contribution < 1.29 is 9.53 Å². The zero-order chi connectivity index (χ0) is 10.6. The van der Waals surface area contributed by atoms with Crippen LogP contribution in [0.4, 0.5) is 0 Å². The van der Waals surface area contributed by atoms with E-state index in [4.69, 9.17) is 10.6 Å². The van der Waals surface area contributed by atoms with Gasteiger partial charge in [-0.1, -0.05) is 6.92 Å². The van der Waals surface area contributed by atoms with Crippen LogP contribution in [0, 0.1) is 5.92 Å². The van der Waals surface area contributed by atoms with Crippen molar-refractivity contribution in [3.8, 4) is 0 Å². The minimum Gasteiger partial charge on any atom is -0.380 e. The molecular weight excluding hydrogens is 182 g/mol. The summed E-state index contributed by atoms with van der Waals surface area (Å²) in [6.07, 6.45) is 1.30. The van der Waals surface area contributed by atoms with Crippen molar-refractivity contribution >= 4 is 5.91 Å². The van der Waals surface area contributed by atoms with Crippen LogP contribution in [-0.2, 0) is 9.53 Å². The van der Waals surface area contributed by atoms with E-state index in [1.807, 2.05) is 0 Å². The van der Waals surface area contributed by atoms with E-state index in [1.54, 1.807) is 7.11 Å². The number of nitrogens with two attached hydrogens (primary N) is 1. The molecule has 1 amide bonds. The fourth-order valence-corrected chi connectivity index (χ4v) is 1.80. The molecular formula is C9H19N3O2. The van der Waals surface area contributed by atoms with Gasteiger partial charge in [0.15, 0.2) is 0 Å². The van der Waals surface area contributed by atoms with E-state index >= 15 is 0 Å². The molecule has 0 radical (unpaired) electrons. The molecule has 0 spiro atoms. The number of nitrogens with one attached hydrogen (secondary N) is 1. The van der Waals surface area contributed by atoms with Crippen molar-refractivity contribution in [3.05, 3.63) is 0 Å². The Morgan fingerprint density at radius 2 is 2.43 bits per heavy atom. The molecule has 1 saturated heterocycles. The predicted octanol–water partition coefficient (Wildman–Crippen LogP) is -0.667. The third-order valence-electron chi connectivity index (χ3n) is 2.80. The lowest BCUT2D eigenvalue weighted by Gasteiger charge is -2.35. The third-order valence-corrected chi connectivity index (χ3v) is 2.80. The average Bonchev–Trinajstić information content (AvgIpc) is 2.20. The number of hydrazine groups is 1. The van der Waals surface area contributed by atoms with Gasteiger partial charge in [0.05, 0.1) is 12.6 Å². The quantitative estimate of drug-likeness (QED) is 0.361. The van der Waals surface area contributed by atoms with Crippen molar-refractivity contribution in [1.29, 1.82) is 0 Å². The number of hydrogen-bond donors (Lipinski definition) is 2. The van der Waals surface area contributed by atoms with Crippen LogP contribution in [0.2, 0.25) is 0 Å². The Kier molecular flexibility index (Phi) is 4.31. The fourth-order valence-electron chi connectivity index (χ4n) is 1.80. The highest BCUT2D eigenvalue weighted by molar-refractivity contribution is 5.77. The zero-order valence-electron chi connectivity index (χ0n) is 8.82. The Morgan fingerprint density at radius 1 is 1.71 bits per heavy atom. The normalized spacial score (nSPS) is 28.8. The Balaban J connectivity index is 2.38. The molecule has 82 valence electrons. The van der Waals surface area contributed by atoms with Gasteiger partial charge in [0, 0.05) is 13.7 Å². The topological polar surface area (TPSA) is 67.6 Å². The van der Waals surface area contributed by atoms with Crippen molar-refractivity contribution in [2.24, 2.45) is 11.8 Å². The zero-order valence-corrected chi connectivity index (χ0v) is 8.82. The van der Waals surface area contributed by atoms with Crippen LogP contribution in [0.3, 0.4) is 0 Å². The van der Waals surface area contributed by atoms with Crippen LogP contribution >= 0.6 is 0 Å². The summed E-state index contributed by atoms with van der Waals surface area (Å²) in [6, 6.07) is 0. The number of nitrogens with zero attached hydrogens (tertiary/aromatic N) is 1. The maximum Gasteiger partial charge on any atom is 0.248 e. The third kappa shape index (κ3) is 2.94. The summed E-state index contributed by atoms with van der Waals surface area (Å²) < 4.78 is 5.34. The first-order valence-corrected chi connectivity index (χ1v) is 4.92. The molecule has 1 rings (SSSR count). The second-order valence-electron chi connectivity index (χ2n) is 3.84. The van der Waals surface area contributed by atoms with Crippen LogP contribution in [0.5, 0.6) is 0 Å². The summed E-state index contributed by atoms with van der Waals surface area (Å²) in [5.74, 6) is 5.45. The van der Waals surface area contributed by atoms with Crippen LogP contribution in [0.25, 0.3) is 0 Å². The molecule has 1 fully saturated rings. The number of methoxy groups -OCH3 is 1. The van der Waals surface area contributed by atoms with E-state index < -0.39 is 0 Å². The van der Waals surface area contributed by atoms with Crippen molar-refractivity contribution in [2.45, 2.75) is 19.4 Å². The van der Waals surface area contributed by atoms with Crippen LogP contribution in [0.1, 0.15) is 13.3 Å². The molecule has 5 nitrogen and oxygen atoms in total. The summed E-state index contributed by atoms with van der Waals surface area (Å²) in [6.45, 7) is 4.29. The lowest BCUT2D eigenvalue weighted by Crippen LogP contribution is -2.48. The summed E-state index contributed by atoms with van der Waals surface area (Å²) in [5.41, 5.74) is 2.13. The van der Waals surface area contributed by atoms with Gasteiger partial charge in [-0.3, -0.25) is 15.1 Å². The molecule has 1 heterocycles. The number of ether oxygens (including phenoxy) is 1. The molecule has 0 aliphatic carbocycles. The highest BCUT2D eigenvalue weighted by atomic mass is 16.5. The molecule has 2 atom stereocenters. The van der Waals surface area contributed by atoms with E-state index in [1.165, 1.54) is 0 Å². The minimum atomic E-state index is -0.144. The van der Waals surface area contributed by atoms with Gasteiger partial charge < -0.3 is 4.74 Å². The lowest BCUT2D eigenvalue weighted by molar-refractivity contribution is -0.123. The molecule has 5 heteroatoms. The lowest BCUT2D eigenvalue weighted by atomic mass is 9.96. The molecule has 0 aromatic rings. The van der Waals surface area contributed by atoms with Gasteiger partial charge >= 0.3 is 0 Å². The van der Waals surface area contributed by atoms with Gasteiger partial charge in [-0.2, -0.15) is 0 Å². The van der Waals surface area contributed by atoms with Crippen LogP contribution < -0.4 is 11.3 Å². The highest BCUT2D eigenvalue weighted by Crippen LogP contribution is 2.18. The molecule has 0 aromatic heterocycles. The number of likely N-dealkylation sites (tertiary alicyclic amines) is 1. The fraction of sp³-hybridized carbons (Fsp3) is 0.889.